The fourth-order valence-corrected chi connectivity index (χ4v) is 0.743. The molecule has 0 spiro atoms. The highest BCUT2D eigenvalue weighted by Gasteiger charge is 2.28. The molecular formula is C10H21NO3. The van der Waals surface area contributed by atoms with Gasteiger partial charge >= 0.3 is 5.97 Å². The molecule has 4 nitrogen and oxygen atoms in total. The minimum atomic E-state index is -0.611. The van der Waals surface area contributed by atoms with Crippen LogP contribution in [0, 0.1) is 5.41 Å². The standard InChI is InChI=1S/C10H21NO3/c1-5-13-6-8(2)14-9(12)10(3,4)7-11/h8H,5-7,11H2,1-4H3. The summed E-state index contributed by atoms with van der Waals surface area (Å²) in [6.07, 6.45) is -0.215. The van der Waals surface area contributed by atoms with E-state index in [0.717, 1.165) is 0 Å². The Bertz CT molecular complexity index is 180. The first-order valence-corrected chi connectivity index (χ1v) is 4.93. The molecule has 0 aliphatic carbocycles. The topological polar surface area (TPSA) is 61.5 Å². The van der Waals surface area contributed by atoms with Crippen molar-refractivity contribution < 1.29 is 14.3 Å². The van der Waals surface area contributed by atoms with Crippen molar-refractivity contribution in [3.63, 3.8) is 0 Å². The van der Waals surface area contributed by atoms with Crippen molar-refractivity contribution in [1.82, 2.24) is 0 Å². The average molecular weight is 203 g/mol. The highest BCUT2D eigenvalue weighted by Crippen LogP contribution is 2.15. The number of rotatable bonds is 6. The number of hydrogen-bond acceptors (Lipinski definition) is 4. The van der Waals surface area contributed by atoms with Crippen molar-refractivity contribution in [2.45, 2.75) is 33.8 Å². The zero-order valence-corrected chi connectivity index (χ0v) is 9.50. The maximum atomic E-state index is 11.5. The lowest BCUT2D eigenvalue weighted by Crippen LogP contribution is -2.37. The van der Waals surface area contributed by atoms with Crippen LogP contribution < -0.4 is 5.73 Å². The molecule has 0 aromatic heterocycles. The van der Waals surface area contributed by atoms with Crippen LogP contribution >= 0.6 is 0 Å². The summed E-state index contributed by atoms with van der Waals surface area (Å²) in [5.74, 6) is -0.271. The fraction of sp³-hybridized carbons (Fsp3) is 0.900. The Morgan fingerprint density at radius 2 is 2.07 bits per heavy atom. The zero-order valence-electron chi connectivity index (χ0n) is 9.50. The number of esters is 1. The summed E-state index contributed by atoms with van der Waals surface area (Å²) < 4.78 is 10.3. The number of nitrogens with two attached hydrogens (primary N) is 1. The van der Waals surface area contributed by atoms with Crippen LogP contribution in [0.1, 0.15) is 27.7 Å². The minimum Gasteiger partial charge on any atom is -0.460 e. The van der Waals surface area contributed by atoms with Crippen LogP contribution in [0.4, 0.5) is 0 Å². The second kappa shape index (κ2) is 5.98. The molecule has 0 saturated heterocycles. The summed E-state index contributed by atoms with van der Waals surface area (Å²) in [5, 5.41) is 0. The first-order valence-electron chi connectivity index (χ1n) is 4.93. The molecule has 0 saturated carbocycles. The Morgan fingerprint density at radius 3 is 2.50 bits per heavy atom. The summed E-state index contributed by atoms with van der Waals surface area (Å²) in [5.41, 5.74) is 4.84. The highest BCUT2D eigenvalue weighted by molar-refractivity contribution is 5.76. The van der Waals surface area contributed by atoms with E-state index in [1.54, 1.807) is 20.8 Å². The molecule has 0 aromatic carbocycles. The minimum absolute atomic E-state index is 0.215. The van der Waals surface area contributed by atoms with E-state index in [0.29, 0.717) is 13.2 Å². The largest absolute Gasteiger partial charge is 0.460 e. The van der Waals surface area contributed by atoms with Gasteiger partial charge in [-0.15, -0.1) is 0 Å². The molecule has 0 heterocycles. The van der Waals surface area contributed by atoms with E-state index < -0.39 is 5.41 Å². The van der Waals surface area contributed by atoms with Gasteiger partial charge in [0.25, 0.3) is 0 Å². The fourth-order valence-electron chi connectivity index (χ4n) is 0.743. The van der Waals surface area contributed by atoms with Crippen LogP contribution in [0.25, 0.3) is 0 Å². The first kappa shape index (κ1) is 13.4. The van der Waals surface area contributed by atoms with E-state index >= 15 is 0 Å². The van der Waals surface area contributed by atoms with Gasteiger partial charge in [0.05, 0.1) is 12.0 Å². The molecule has 1 atom stereocenters. The monoisotopic (exact) mass is 203 g/mol. The summed E-state index contributed by atoms with van der Waals surface area (Å²) in [6, 6.07) is 0. The van der Waals surface area contributed by atoms with E-state index in [1.165, 1.54) is 0 Å². The van der Waals surface area contributed by atoms with Gasteiger partial charge in [0, 0.05) is 13.2 Å². The van der Waals surface area contributed by atoms with E-state index in [1.807, 2.05) is 6.92 Å². The Morgan fingerprint density at radius 1 is 1.50 bits per heavy atom. The Hall–Kier alpha value is -0.610. The number of carbonyl (C=O) groups is 1. The molecular weight excluding hydrogens is 182 g/mol. The normalized spacial score (nSPS) is 13.8. The third-order valence-corrected chi connectivity index (χ3v) is 1.93. The van der Waals surface area contributed by atoms with Gasteiger partial charge in [-0.25, -0.2) is 0 Å². The second-order valence-electron chi connectivity index (χ2n) is 3.96. The van der Waals surface area contributed by atoms with Crippen LogP contribution in [0.5, 0.6) is 0 Å². The van der Waals surface area contributed by atoms with Crippen molar-refractivity contribution in [3.05, 3.63) is 0 Å². The lowest BCUT2D eigenvalue weighted by Gasteiger charge is -2.23. The molecule has 14 heavy (non-hydrogen) atoms. The molecule has 4 heteroatoms. The number of ether oxygens (including phenoxy) is 2. The molecule has 0 aliphatic heterocycles. The van der Waals surface area contributed by atoms with Crippen LogP contribution in [0.2, 0.25) is 0 Å². The van der Waals surface area contributed by atoms with E-state index in [2.05, 4.69) is 0 Å². The van der Waals surface area contributed by atoms with Gasteiger partial charge in [-0.1, -0.05) is 0 Å². The van der Waals surface area contributed by atoms with Crippen LogP contribution in [0.3, 0.4) is 0 Å². The lowest BCUT2D eigenvalue weighted by atomic mass is 9.94. The van der Waals surface area contributed by atoms with Crippen LogP contribution in [0.15, 0.2) is 0 Å². The van der Waals surface area contributed by atoms with Gasteiger partial charge in [-0.3, -0.25) is 4.79 Å². The third-order valence-electron chi connectivity index (χ3n) is 1.93. The van der Waals surface area contributed by atoms with Crippen molar-refractivity contribution >= 4 is 5.97 Å². The lowest BCUT2D eigenvalue weighted by molar-refractivity contribution is -0.160. The van der Waals surface area contributed by atoms with Crippen molar-refractivity contribution in [2.75, 3.05) is 19.8 Å². The SMILES string of the molecule is CCOCC(C)OC(=O)C(C)(C)CN. The van der Waals surface area contributed by atoms with E-state index in [-0.39, 0.29) is 18.6 Å². The molecule has 2 N–H and O–H groups in total. The molecule has 0 amide bonds. The number of carbonyl (C=O) groups excluding carboxylic acids is 1. The van der Waals surface area contributed by atoms with Gasteiger partial charge in [-0.2, -0.15) is 0 Å². The molecule has 0 radical (unpaired) electrons. The van der Waals surface area contributed by atoms with Crippen molar-refractivity contribution in [3.8, 4) is 0 Å². The van der Waals surface area contributed by atoms with Crippen molar-refractivity contribution in [2.24, 2.45) is 11.1 Å². The third kappa shape index (κ3) is 4.58. The van der Waals surface area contributed by atoms with Gasteiger partial charge in [0.1, 0.15) is 6.10 Å². The quantitative estimate of drug-likeness (QED) is 0.653. The molecule has 0 aliphatic rings. The smallest absolute Gasteiger partial charge is 0.313 e. The number of hydrogen-bond donors (Lipinski definition) is 1. The van der Waals surface area contributed by atoms with Gasteiger partial charge in [0.15, 0.2) is 0 Å². The Kier molecular flexibility index (Phi) is 5.72. The summed E-state index contributed by atoms with van der Waals surface area (Å²) in [4.78, 5) is 11.5. The summed E-state index contributed by atoms with van der Waals surface area (Å²) >= 11 is 0. The second-order valence-corrected chi connectivity index (χ2v) is 3.96. The Balaban J connectivity index is 3.93. The predicted octanol–water partition coefficient (Wildman–Crippen LogP) is 0.940. The summed E-state index contributed by atoms with van der Waals surface area (Å²) in [7, 11) is 0. The van der Waals surface area contributed by atoms with Crippen LogP contribution in [-0.4, -0.2) is 31.8 Å². The van der Waals surface area contributed by atoms with Crippen LogP contribution in [-0.2, 0) is 14.3 Å². The van der Waals surface area contributed by atoms with E-state index in [4.69, 9.17) is 15.2 Å². The van der Waals surface area contributed by atoms with Gasteiger partial charge in [0.2, 0.25) is 0 Å². The molecule has 84 valence electrons. The Labute approximate surface area is 85.8 Å². The predicted molar refractivity (Wildman–Crippen MR) is 54.9 cm³/mol. The molecule has 0 aromatic rings. The average Bonchev–Trinajstić information content (AvgIpc) is 2.14. The molecule has 0 rings (SSSR count). The first-order chi connectivity index (χ1) is 6.44. The zero-order chi connectivity index (χ0) is 11.2. The highest BCUT2D eigenvalue weighted by atomic mass is 16.6. The molecule has 1 unspecified atom stereocenters. The van der Waals surface area contributed by atoms with Gasteiger partial charge < -0.3 is 15.2 Å². The molecule has 0 fully saturated rings. The molecule has 0 bridgehead atoms. The van der Waals surface area contributed by atoms with E-state index in [9.17, 15) is 4.79 Å². The maximum absolute atomic E-state index is 11.5. The maximum Gasteiger partial charge on any atom is 0.313 e. The van der Waals surface area contributed by atoms with Gasteiger partial charge in [-0.05, 0) is 27.7 Å². The summed E-state index contributed by atoms with van der Waals surface area (Å²) in [6.45, 7) is 8.59. The van der Waals surface area contributed by atoms with Crippen molar-refractivity contribution in [1.29, 1.82) is 0 Å².